The minimum atomic E-state index is -0.181. The molecule has 2 aromatic heterocycles. The van der Waals surface area contributed by atoms with Crippen LogP contribution >= 0.6 is 54.5 Å². The summed E-state index contributed by atoms with van der Waals surface area (Å²) in [4.78, 5) is 13.1. The molecule has 1 unspecified atom stereocenters. The first-order valence-corrected chi connectivity index (χ1v) is 12.3. The molecule has 0 saturated heterocycles. The Balaban J connectivity index is 1.90. The maximum absolute atomic E-state index is 12.5. The Morgan fingerprint density at radius 3 is 2.44 bits per heavy atom. The zero-order valence-electron chi connectivity index (χ0n) is 14.9. The highest BCUT2D eigenvalue weighted by atomic mass is 79.9. The van der Waals surface area contributed by atoms with E-state index in [9.17, 15) is 4.79 Å². The van der Waals surface area contributed by atoms with Gasteiger partial charge in [-0.2, -0.15) is 0 Å². The first-order valence-electron chi connectivity index (χ1n) is 9.11. The Morgan fingerprint density at radius 2 is 1.76 bits per heavy atom. The van der Waals surface area contributed by atoms with Crippen LogP contribution in [-0.2, 0) is 4.74 Å². The molecule has 140 valence electrons. The Kier molecular flexibility index (Phi) is 9.46. The molecule has 0 aromatic carbocycles. The lowest BCUT2D eigenvalue weighted by Gasteiger charge is -2.16. The number of hydrogen-bond acceptors (Lipinski definition) is 4. The number of fused-ring (bicyclic) bond motifs is 1. The van der Waals surface area contributed by atoms with Crippen LogP contribution in [0.3, 0.4) is 0 Å². The smallest absolute Gasteiger partial charge is 0.348 e. The second kappa shape index (κ2) is 11.1. The molecule has 0 aliphatic heterocycles. The monoisotopic (exact) mass is 508 g/mol. The summed E-state index contributed by atoms with van der Waals surface area (Å²) in [6, 6.07) is 1.94. The van der Waals surface area contributed by atoms with E-state index in [2.05, 4.69) is 45.7 Å². The van der Waals surface area contributed by atoms with E-state index in [0.717, 1.165) is 24.1 Å². The zero-order chi connectivity index (χ0) is 18.2. The van der Waals surface area contributed by atoms with Crippen LogP contribution in [0.4, 0.5) is 0 Å². The Hall–Kier alpha value is 0.0900. The van der Waals surface area contributed by atoms with Gasteiger partial charge in [0.1, 0.15) is 4.88 Å². The van der Waals surface area contributed by atoms with Gasteiger partial charge in [-0.05, 0) is 56.7 Å². The Bertz CT molecular complexity index is 644. The lowest BCUT2D eigenvalue weighted by Crippen LogP contribution is -2.14. The van der Waals surface area contributed by atoms with Crippen LogP contribution in [0.25, 0.3) is 10.1 Å². The molecule has 0 spiro atoms. The number of hydrogen-bond donors (Lipinski definition) is 0. The number of carbonyl (C=O) groups is 1. The quantitative estimate of drug-likeness (QED) is 0.224. The van der Waals surface area contributed by atoms with Crippen molar-refractivity contribution in [2.75, 3.05) is 6.61 Å². The van der Waals surface area contributed by atoms with Gasteiger partial charge in [0.2, 0.25) is 0 Å². The van der Waals surface area contributed by atoms with E-state index in [1.165, 1.54) is 56.3 Å². The maximum Gasteiger partial charge on any atom is 0.348 e. The summed E-state index contributed by atoms with van der Waals surface area (Å²) >= 11 is 10.3. The summed E-state index contributed by atoms with van der Waals surface area (Å²) in [7, 11) is 0. The summed E-state index contributed by atoms with van der Waals surface area (Å²) in [6.45, 7) is 5.00. The molecule has 2 rings (SSSR count). The lowest BCUT2D eigenvalue weighted by atomic mass is 9.96. The van der Waals surface area contributed by atoms with Crippen molar-refractivity contribution in [3.05, 3.63) is 18.5 Å². The highest BCUT2D eigenvalue weighted by Crippen LogP contribution is 2.43. The number of esters is 1. The van der Waals surface area contributed by atoms with E-state index < -0.39 is 0 Å². The van der Waals surface area contributed by atoms with Crippen molar-refractivity contribution in [2.45, 2.75) is 65.2 Å². The largest absolute Gasteiger partial charge is 0.461 e. The van der Waals surface area contributed by atoms with Crippen LogP contribution in [0.5, 0.6) is 0 Å². The molecule has 2 heterocycles. The second-order valence-electron chi connectivity index (χ2n) is 6.46. The molecule has 25 heavy (non-hydrogen) atoms. The Morgan fingerprint density at radius 1 is 1.04 bits per heavy atom. The fourth-order valence-electron chi connectivity index (χ4n) is 2.89. The van der Waals surface area contributed by atoms with Crippen LogP contribution in [-0.4, -0.2) is 12.6 Å². The highest BCUT2D eigenvalue weighted by Gasteiger charge is 2.18. The van der Waals surface area contributed by atoms with Crippen molar-refractivity contribution in [1.82, 2.24) is 0 Å². The van der Waals surface area contributed by atoms with Crippen LogP contribution in [0.1, 0.15) is 74.9 Å². The van der Waals surface area contributed by atoms with Gasteiger partial charge in [0, 0.05) is 5.39 Å². The van der Waals surface area contributed by atoms with Crippen molar-refractivity contribution < 1.29 is 9.53 Å². The number of thiophene rings is 2. The number of halogens is 2. The summed E-state index contributed by atoms with van der Waals surface area (Å²) < 4.78 is 8.91. The fraction of sp³-hybridized carbons (Fsp3) is 0.632. The zero-order valence-corrected chi connectivity index (χ0v) is 19.7. The van der Waals surface area contributed by atoms with Crippen molar-refractivity contribution in [3.8, 4) is 0 Å². The van der Waals surface area contributed by atoms with Gasteiger partial charge in [-0.25, -0.2) is 4.79 Å². The van der Waals surface area contributed by atoms with Crippen molar-refractivity contribution in [1.29, 1.82) is 0 Å². The fourth-order valence-corrected chi connectivity index (χ4v) is 7.25. The lowest BCUT2D eigenvalue weighted by molar-refractivity contribution is 0.0428. The average molecular weight is 510 g/mol. The molecule has 0 fully saturated rings. The van der Waals surface area contributed by atoms with Gasteiger partial charge in [-0.1, -0.05) is 52.4 Å². The molecule has 1 atom stereocenters. The van der Waals surface area contributed by atoms with Crippen LogP contribution in [0, 0.1) is 5.92 Å². The number of carbonyl (C=O) groups excluding carboxylic acids is 1. The van der Waals surface area contributed by atoms with Crippen LogP contribution in [0.15, 0.2) is 13.6 Å². The topological polar surface area (TPSA) is 26.3 Å². The molecule has 0 bridgehead atoms. The molecule has 0 saturated carbocycles. The van der Waals surface area contributed by atoms with Gasteiger partial charge in [-0.15, -0.1) is 22.7 Å². The predicted molar refractivity (Wildman–Crippen MR) is 117 cm³/mol. The summed E-state index contributed by atoms with van der Waals surface area (Å²) in [6.07, 6.45) is 9.83. The highest BCUT2D eigenvalue weighted by molar-refractivity contribution is 9.12. The standard InChI is InChI=1S/C19H26Br2O2S2/c1-3-5-7-8-10-13(9-6-4-2)12-23-19(22)15-11-14-16(24-15)18(21)25-17(14)20/h11,13H,3-10,12H2,1-2H3. The van der Waals surface area contributed by atoms with Gasteiger partial charge in [0.15, 0.2) is 0 Å². The molecular weight excluding hydrogens is 484 g/mol. The van der Waals surface area contributed by atoms with E-state index in [-0.39, 0.29) is 5.97 Å². The van der Waals surface area contributed by atoms with Gasteiger partial charge in [-0.3, -0.25) is 0 Å². The molecular formula is C19H26Br2O2S2. The first kappa shape index (κ1) is 21.4. The van der Waals surface area contributed by atoms with Gasteiger partial charge in [0.05, 0.1) is 18.9 Å². The second-order valence-corrected chi connectivity index (χ2v) is 11.2. The molecule has 0 aliphatic carbocycles. The summed E-state index contributed by atoms with van der Waals surface area (Å²) in [5.41, 5.74) is 0. The van der Waals surface area contributed by atoms with Crippen molar-refractivity contribution in [3.63, 3.8) is 0 Å². The maximum atomic E-state index is 12.5. The van der Waals surface area contributed by atoms with Gasteiger partial charge in [0.25, 0.3) is 0 Å². The van der Waals surface area contributed by atoms with Crippen molar-refractivity contribution >= 4 is 70.6 Å². The van der Waals surface area contributed by atoms with Crippen molar-refractivity contribution in [2.24, 2.45) is 5.92 Å². The third-order valence-corrected chi connectivity index (χ3v) is 8.49. The number of ether oxygens (including phenoxy) is 1. The first-order chi connectivity index (χ1) is 12.1. The normalized spacial score (nSPS) is 12.6. The van der Waals surface area contributed by atoms with Gasteiger partial charge < -0.3 is 4.74 Å². The van der Waals surface area contributed by atoms with Gasteiger partial charge >= 0.3 is 5.97 Å². The number of rotatable bonds is 11. The average Bonchev–Trinajstić information content (AvgIpc) is 3.15. The third-order valence-electron chi connectivity index (χ3n) is 4.38. The molecule has 0 radical (unpaired) electrons. The predicted octanol–water partition coefficient (Wildman–Crippen LogP) is 8.42. The molecule has 2 nitrogen and oxygen atoms in total. The number of unbranched alkanes of at least 4 members (excludes halogenated alkanes) is 4. The molecule has 0 amide bonds. The summed E-state index contributed by atoms with van der Waals surface area (Å²) in [5.74, 6) is 0.319. The third kappa shape index (κ3) is 6.33. The van der Waals surface area contributed by atoms with E-state index in [1.54, 1.807) is 11.3 Å². The van der Waals surface area contributed by atoms with Crippen LogP contribution < -0.4 is 0 Å². The minimum absolute atomic E-state index is 0.181. The van der Waals surface area contributed by atoms with Crippen LogP contribution in [0.2, 0.25) is 0 Å². The Labute approximate surface area is 175 Å². The summed E-state index contributed by atoms with van der Waals surface area (Å²) in [5, 5.41) is 1.09. The van der Waals surface area contributed by atoms with E-state index in [1.807, 2.05) is 6.07 Å². The molecule has 0 aliphatic rings. The molecule has 6 heteroatoms. The van der Waals surface area contributed by atoms with E-state index in [0.29, 0.717) is 17.4 Å². The van der Waals surface area contributed by atoms with E-state index >= 15 is 0 Å². The molecule has 0 N–H and O–H groups in total. The minimum Gasteiger partial charge on any atom is -0.461 e. The molecule has 2 aromatic rings. The SMILES string of the molecule is CCCCCCC(CCCC)COC(=O)c1cc2c(Br)sc(Br)c2s1. The van der Waals surface area contributed by atoms with E-state index in [4.69, 9.17) is 4.74 Å².